The van der Waals surface area contributed by atoms with Crippen molar-refractivity contribution in [1.29, 1.82) is 0 Å². The van der Waals surface area contributed by atoms with E-state index in [1.165, 1.54) is 12.3 Å². The number of pyridine rings is 1. The van der Waals surface area contributed by atoms with Gasteiger partial charge in [0.05, 0.1) is 0 Å². The van der Waals surface area contributed by atoms with Gasteiger partial charge in [-0.3, -0.25) is 9.59 Å². The van der Waals surface area contributed by atoms with Gasteiger partial charge in [-0.1, -0.05) is 0 Å². The van der Waals surface area contributed by atoms with Gasteiger partial charge in [0.1, 0.15) is 5.56 Å². The van der Waals surface area contributed by atoms with Crippen LogP contribution in [-0.2, 0) is 0 Å². The number of nitrogens with one attached hydrogen (secondary N) is 3. The fourth-order valence-electron chi connectivity index (χ4n) is 1.73. The molecule has 0 aliphatic rings. The van der Waals surface area contributed by atoms with Crippen molar-refractivity contribution in [3.05, 3.63) is 58.0 Å². The van der Waals surface area contributed by atoms with Gasteiger partial charge in [-0.2, -0.15) is 0 Å². The number of carbonyl (C=O) groups is 2. The number of amides is 3. The first-order valence-corrected chi connectivity index (χ1v) is 6.13. The number of aromatic amines is 1. The molecule has 0 atom stereocenters. The maximum Gasteiger partial charge on any atom is 0.316 e. The van der Waals surface area contributed by atoms with Gasteiger partial charge in [0.2, 0.25) is 0 Å². The summed E-state index contributed by atoms with van der Waals surface area (Å²) in [5.41, 5.74) is 6.35. The zero-order valence-electron chi connectivity index (χ0n) is 11.3. The lowest BCUT2D eigenvalue weighted by Crippen LogP contribution is -2.21. The molecule has 0 saturated carbocycles. The number of nitrogens with two attached hydrogens (primary N) is 1. The van der Waals surface area contributed by atoms with E-state index in [0.29, 0.717) is 17.1 Å². The fourth-order valence-corrected chi connectivity index (χ4v) is 1.73. The van der Waals surface area contributed by atoms with Gasteiger partial charge < -0.3 is 21.4 Å². The normalized spacial score (nSPS) is 9.95. The van der Waals surface area contributed by atoms with Crippen molar-refractivity contribution in [1.82, 2.24) is 4.98 Å². The third-order valence-corrected chi connectivity index (χ3v) is 2.71. The molecular formula is C14H14N4O3. The van der Waals surface area contributed by atoms with Crippen LogP contribution >= 0.6 is 0 Å². The van der Waals surface area contributed by atoms with E-state index >= 15 is 0 Å². The van der Waals surface area contributed by atoms with Crippen molar-refractivity contribution in [3.63, 3.8) is 0 Å². The van der Waals surface area contributed by atoms with Crippen molar-refractivity contribution in [3.8, 4) is 0 Å². The molecule has 2 rings (SSSR count). The number of H-pyrrole nitrogens is 1. The van der Waals surface area contributed by atoms with Crippen molar-refractivity contribution in [2.24, 2.45) is 5.73 Å². The average molecular weight is 286 g/mol. The lowest BCUT2D eigenvalue weighted by molar-refractivity contribution is 0.102. The maximum absolute atomic E-state index is 12.0. The van der Waals surface area contributed by atoms with Crippen LogP contribution in [0.15, 0.2) is 41.3 Å². The molecule has 0 fully saturated rings. The Morgan fingerprint density at radius 1 is 1.10 bits per heavy atom. The van der Waals surface area contributed by atoms with E-state index in [9.17, 15) is 14.4 Å². The van der Waals surface area contributed by atoms with Crippen LogP contribution in [0.25, 0.3) is 0 Å². The van der Waals surface area contributed by atoms with Gasteiger partial charge in [-0.25, -0.2) is 4.79 Å². The molecule has 108 valence electrons. The van der Waals surface area contributed by atoms with E-state index in [-0.39, 0.29) is 11.0 Å². The lowest BCUT2D eigenvalue weighted by Gasteiger charge is -2.06. The molecule has 1 aromatic heterocycles. The zero-order valence-corrected chi connectivity index (χ0v) is 11.3. The molecule has 1 aromatic carbocycles. The van der Waals surface area contributed by atoms with Gasteiger partial charge in [-0.15, -0.1) is 0 Å². The Labute approximate surface area is 120 Å². The first kappa shape index (κ1) is 14.3. The molecule has 3 amide bonds. The second-order valence-electron chi connectivity index (χ2n) is 4.41. The van der Waals surface area contributed by atoms with Gasteiger partial charge in [0.15, 0.2) is 5.43 Å². The summed E-state index contributed by atoms with van der Waals surface area (Å²) in [6.45, 7) is 1.73. The van der Waals surface area contributed by atoms with Crippen molar-refractivity contribution < 1.29 is 9.59 Å². The molecule has 0 aliphatic carbocycles. The molecule has 7 heteroatoms. The van der Waals surface area contributed by atoms with Crippen LogP contribution in [0, 0.1) is 6.92 Å². The third-order valence-electron chi connectivity index (χ3n) is 2.71. The molecule has 5 N–H and O–H groups in total. The molecule has 0 radical (unpaired) electrons. The highest BCUT2D eigenvalue weighted by molar-refractivity contribution is 6.04. The standard InChI is InChI=1S/C14H14N4O3/c1-8-6-12(19)11(7-16-8)13(20)17-9-2-4-10(5-3-9)18-14(15)21/h2-7H,1H3,(H,16,19)(H,17,20)(H3,15,18,21). The average Bonchev–Trinajstić information content (AvgIpc) is 2.40. The molecule has 7 nitrogen and oxygen atoms in total. The number of primary amides is 1. The SMILES string of the molecule is Cc1cc(=O)c(C(=O)Nc2ccc(NC(N)=O)cc2)c[nH]1. The van der Waals surface area contributed by atoms with Crippen LogP contribution in [-0.4, -0.2) is 16.9 Å². The van der Waals surface area contributed by atoms with Crippen LogP contribution < -0.4 is 21.8 Å². The van der Waals surface area contributed by atoms with E-state index in [4.69, 9.17) is 5.73 Å². The van der Waals surface area contributed by atoms with E-state index < -0.39 is 11.9 Å². The van der Waals surface area contributed by atoms with Crippen LogP contribution in [0.2, 0.25) is 0 Å². The van der Waals surface area contributed by atoms with Crippen LogP contribution in [0.5, 0.6) is 0 Å². The molecule has 1 heterocycles. The van der Waals surface area contributed by atoms with E-state index in [2.05, 4.69) is 15.6 Å². The van der Waals surface area contributed by atoms with E-state index in [0.717, 1.165) is 0 Å². The third kappa shape index (κ3) is 3.69. The van der Waals surface area contributed by atoms with Gasteiger partial charge in [0, 0.05) is 29.3 Å². The monoisotopic (exact) mass is 286 g/mol. The highest BCUT2D eigenvalue weighted by atomic mass is 16.2. The highest BCUT2D eigenvalue weighted by Gasteiger charge is 2.10. The first-order valence-electron chi connectivity index (χ1n) is 6.13. The van der Waals surface area contributed by atoms with Crippen LogP contribution in [0.1, 0.15) is 16.1 Å². The van der Waals surface area contributed by atoms with E-state index in [1.54, 1.807) is 31.2 Å². The minimum atomic E-state index is -0.669. The number of aryl methyl sites for hydroxylation is 1. The maximum atomic E-state index is 12.0. The Morgan fingerprint density at radius 2 is 1.67 bits per heavy atom. The number of aromatic nitrogens is 1. The summed E-state index contributed by atoms with van der Waals surface area (Å²) in [6.07, 6.45) is 1.37. The van der Waals surface area contributed by atoms with Crippen molar-refractivity contribution >= 4 is 23.3 Å². The van der Waals surface area contributed by atoms with Crippen LogP contribution in [0.4, 0.5) is 16.2 Å². The van der Waals surface area contributed by atoms with Gasteiger partial charge in [0.25, 0.3) is 5.91 Å². The Hall–Kier alpha value is -3.09. The summed E-state index contributed by atoms with van der Waals surface area (Å²) in [5.74, 6) is -0.508. The number of hydrogen-bond donors (Lipinski definition) is 4. The zero-order chi connectivity index (χ0) is 15.4. The number of anilines is 2. The smallest absolute Gasteiger partial charge is 0.316 e. The van der Waals surface area contributed by atoms with Crippen molar-refractivity contribution in [2.45, 2.75) is 6.92 Å². The Morgan fingerprint density at radius 3 is 2.19 bits per heavy atom. The molecule has 2 aromatic rings. The van der Waals surface area contributed by atoms with Gasteiger partial charge >= 0.3 is 6.03 Å². The summed E-state index contributed by atoms with van der Waals surface area (Å²) < 4.78 is 0. The summed E-state index contributed by atoms with van der Waals surface area (Å²) in [4.78, 5) is 37.2. The highest BCUT2D eigenvalue weighted by Crippen LogP contribution is 2.13. The predicted molar refractivity (Wildman–Crippen MR) is 79.4 cm³/mol. The quantitative estimate of drug-likeness (QED) is 0.683. The van der Waals surface area contributed by atoms with E-state index in [1.807, 2.05) is 0 Å². The molecule has 0 spiro atoms. The number of urea groups is 1. The summed E-state index contributed by atoms with van der Waals surface area (Å²) in [5, 5.41) is 5.00. The number of carbonyl (C=O) groups excluding carboxylic acids is 2. The number of rotatable bonds is 3. The Bertz CT molecular complexity index is 735. The number of hydrogen-bond acceptors (Lipinski definition) is 3. The summed E-state index contributed by atoms with van der Waals surface area (Å²) >= 11 is 0. The Balaban J connectivity index is 2.12. The minimum absolute atomic E-state index is 0.0277. The molecule has 21 heavy (non-hydrogen) atoms. The largest absolute Gasteiger partial charge is 0.364 e. The summed E-state index contributed by atoms with van der Waals surface area (Å²) in [7, 11) is 0. The minimum Gasteiger partial charge on any atom is -0.364 e. The predicted octanol–water partition coefficient (Wildman–Crippen LogP) is 1.43. The molecule has 0 unspecified atom stereocenters. The number of benzene rings is 1. The molecular weight excluding hydrogens is 272 g/mol. The second-order valence-corrected chi connectivity index (χ2v) is 4.41. The fraction of sp³-hybridized carbons (Fsp3) is 0.0714. The second kappa shape index (κ2) is 5.91. The molecule has 0 bridgehead atoms. The summed E-state index contributed by atoms with van der Waals surface area (Å²) in [6, 6.07) is 7.03. The Kier molecular flexibility index (Phi) is 4.03. The van der Waals surface area contributed by atoms with Crippen molar-refractivity contribution in [2.75, 3.05) is 10.6 Å². The topological polar surface area (TPSA) is 117 Å². The van der Waals surface area contributed by atoms with Crippen LogP contribution in [0.3, 0.4) is 0 Å². The lowest BCUT2D eigenvalue weighted by atomic mass is 10.2. The molecule has 0 saturated heterocycles. The molecule has 0 aliphatic heterocycles. The van der Waals surface area contributed by atoms with Gasteiger partial charge in [-0.05, 0) is 31.2 Å². The first-order chi connectivity index (χ1) is 9.95.